The molecule has 1 heterocycles. The molecule has 130 valence electrons. The van der Waals surface area contributed by atoms with Gasteiger partial charge in [-0.25, -0.2) is 0 Å². The largest absolute Gasteiger partial charge is 0.465 e. The van der Waals surface area contributed by atoms with Crippen molar-refractivity contribution in [1.29, 1.82) is 0 Å². The highest BCUT2D eigenvalue weighted by atomic mass is 35.5. The first-order valence-electron chi connectivity index (χ1n) is 8.32. The number of hydrogen-bond acceptors (Lipinski definition) is 3. The van der Waals surface area contributed by atoms with Gasteiger partial charge in [0.1, 0.15) is 6.04 Å². The average Bonchev–Trinajstić information content (AvgIpc) is 2.95. The number of hydrogen-bond donors (Lipinski definition) is 1. The normalized spacial score (nSPS) is 12.3. The summed E-state index contributed by atoms with van der Waals surface area (Å²) >= 11 is 5.96. The van der Waals surface area contributed by atoms with E-state index in [0.717, 1.165) is 33.6 Å². The number of aromatic nitrogens is 1. The van der Waals surface area contributed by atoms with Crippen molar-refractivity contribution in [3.63, 3.8) is 0 Å². The Bertz CT molecular complexity index is 871. The minimum atomic E-state index is -0.658. The van der Waals surface area contributed by atoms with Crippen molar-refractivity contribution in [2.75, 3.05) is 6.61 Å². The molecule has 1 unspecified atom stereocenters. The molecule has 0 saturated carbocycles. The highest BCUT2D eigenvalue weighted by molar-refractivity contribution is 6.30. The first-order chi connectivity index (χ1) is 12.1. The van der Waals surface area contributed by atoms with Crippen LogP contribution in [-0.2, 0) is 22.5 Å². The maximum absolute atomic E-state index is 11.8. The maximum Gasteiger partial charge on any atom is 0.323 e. The van der Waals surface area contributed by atoms with E-state index in [9.17, 15) is 4.79 Å². The van der Waals surface area contributed by atoms with Crippen molar-refractivity contribution in [3.05, 3.63) is 70.9 Å². The van der Waals surface area contributed by atoms with Gasteiger partial charge in [-0.15, -0.1) is 0 Å². The highest BCUT2D eigenvalue weighted by Gasteiger charge is 2.18. The molecule has 3 rings (SSSR count). The van der Waals surface area contributed by atoms with Gasteiger partial charge in [0.25, 0.3) is 0 Å². The topological polar surface area (TPSA) is 57.2 Å². The SMILES string of the molecule is CCOC(=O)C(N)Cc1cn(Cc2ccc(Cl)cc2)c2ccccc12. The van der Waals surface area contributed by atoms with Crippen LogP contribution in [0.5, 0.6) is 0 Å². The molecule has 1 aromatic heterocycles. The van der Waals surface area contributed by atoms with Crippen LogP contribution in [0.15, 0.2) is 54.7 Å². The molecule has 0 radical (unpaired) electrons. The number of carbonyl (C=O) groups excluding carboxylic acids is 1. The van der Waals surface area contributed by atoms with Gasteiger partial charge in [-0.1, -0.05) is 41.9 Å². The summed E-state index contributed by atoms with van der Waals surface area (Å²) in [6.45, 7) is 2.85. The average molecular weight is 357 g/mol. The number of fused-ring (bicyclic) bond motifs is 1. The molecule has 2 N–H and O–H groups in total. The van der Waals surface area contributed by atoms with Gasteiger partial charge in [0.2, 0.25) is 0 Å². The number of nitrogens with zero attached hydrogens (tertiary/aromatic N) is 1. The highest BCUT2D eigenvalue weighted by Crippen LogP contribution is 2.24. The summed E-state index contributed by atoms with van der Waals surface area (Å²) in [7, 11) is 0. The molecule has 0 aliphatic carbocycles. The summed E-state index contributed by atoms with van der Waals surface area (Å²) in [4.78, 5) is 11.8. The van der Waals surface area contributed by atoms with Gasteiger partial charge in [-0.3, -0.25) is 4.79 Å². The summed E-state index contributed by atoms with van der Waals surface area (Å²) in [5.74, 6) is -0.364. The molecule has 0 saturated heterocycles. The van der Waals surface area contributed by atoms with Gasteiger partial charge in [0.05, 0.1) is 6.61 Å². The van der Waals surface area contributed by atoms with Crippen molar-refractivity contribution < 1.29 is 9.53 Å². The number of ether oxygens (including phenoxy) is 1. The molecule has 4 nitrogen and oxygen atoms in total. The molecule has 0 fully saturated rings. The first kappa shape index (κ1) is 17.5. The van der Waals surface area contributed by atoms with Gasteiger partial charge < -0.3 is 15.0 Å². The molecule has 25 heavy (non-hydrogen) atoms. The van der Waals surface area contributed by atoms with Crippen LogP contribution in [0.2, 0.25) is 5.02 Å². The van der Waals surface area contributed by atoms with Gasteiger partial charge in [0.15, 0.2) is 0 Å². The Morgan fingerprint density at radius 1 is 1.20 bits per heavy atom. The van der Waals surface area contributed by atoms with Crippen molar-refractivity contribution in [2.45, 2.75) is 25.9 Å². The fraction of sp³-hybridized carbons (Fsp3) is 0.250. The lowest BCUT2D eigenvalue weighted by Crippen LogP contribution is -2.34. The lowest BCUT2D eigenvalue weighted by Gasteiger charge is -2.09. The second-order valence-electron chi connectivity index (χ2n) is 5.99. The van der Waals surface area contributed by atoms with Crippen LogP contribution >= 0.6 is 11.6 Å². The van der Waals surface area contributed by atoms with Crippen LogP contribution in [0.4, 0.5) is 0 Å². The van der Waals surface area contributed by atoms with Crippen LogP contribution in [0.1, 0.15) is 18.1 Å². The smallest absolute Gasteiger partial charge is 0.323 e. The molecular weight excluding hydrogens is 336 g/mol. The van der Waals surface area contributed by atoms with E-state index in [1.807, 2.05) is 36.4 Å². The van der Waals surface area contributed by atoms with E-state index in [1.54, 1.807) is 6.92 Å². The molecule has 0 aliphatic heterocycles. The van der Waals surface area contributed by atoms with E-state index < -0.39 is 6.04 Å². The molecule has 5 heteroatoms. The Labute approximate surface area is 152 Å². The van der Waals surface area contributed by atoms with E-state index >= 15 is 0 Å². The van der Waals surface area contributed by atoms with E-state index in [2.05, 4.69) is 22.9 Å². The van der Waals surface area contributed by atoms with Crippen molar-refractivity contribution >= 4 is 28.5 Å². The third kappa shape index (κ3) is 4.03. The molecule has 0 bridgehead atoms. The van der Waals surface area contributed by atoms with Gasteiger partial charge in [-0.05, 0) is 36.2 Å². The third-order valence-corrected chi connectivity index (χ3v) is 4.42. The summed E-state index contributed by atoms with van der Waals surface area (Å²) in [6.07, 6.45) is 2.52. The number of rotatable bonds is 6. The lowest BCUT2D eigenvalue weighted by molar-refractivity contribution is -0.144. The molecule has 0 aliphatic rings. The number of esters is 1. The minimum Gasteiger partial charge on any atom is -0.465 e. The molecule has 3 aromatic rings. The predicted octanol–water partition coefficient (Wildman–Crippen LogP) is 3.78. The van der Waals surface area contributed by atoms with E-state index in [0.29, 0.717) is 13.0 Å². The lowest BCUT2D eigenvalue weighted by atomic mass is 10.1. The number of benzene rings is 2. The summed E-state index contributed by atoms with van der Waals surface area (Å²) in [5.41, 5.74) is 9.33. The van der Waals surface area contributed by atoms with Crippen LogP contribution in [0.25, 0.3) is 10.9 Å². The number of nitrogens with two attached hydrogens (primary N) is 1. The molecule has 0 amide bonds. The van der Waals surface area contributed by atoms with Crippen LogP contribution in [0, 0.1) is 0 Å². The second-order valence-corrected chi connectivity index (χ2v) is 6.42. The standard InChI is InChI=1S/C20H21ClN2O2/c1-2-25-20(24)18(22)11-15-13-23(19-6-4-3-5-17(15)19)12-14-7-9-16(21)10-8-14/h3-10,13,18H,2,11-12,22H2,1H3. The second kappa shape index (κ2) is 7.72. The molecule has 0 spiro atoms. The molecule has 2 aromatic carbocycles. The van der Waals surface area contributed by atoms with Crippen LogP contribution in [-0.4, -0.2) is 23.2 Å². The number of para-hydroxylation sites is 1. The zero-order valence-corrected chi connectivity index (χ0v) is 14.9. The summed E-state index contributed by atoms with van der Waals surface area (Å²) < 4.78 is 7.19. The van der Waals surface area contributed by atoms with Gasteiger partial charge in [0, 0.05) is 35.1 Å². The summed E-state index contributed by atoms with van der Waals surface area (Å²) in [6, 6.07) is 15.3. The Kier molecular flexibility index (Phi) is 5.41. The molecule has 1 atom stereocenters. The Morgan fingerprint density at radius 2 is 1.92 bits per heavy atom. The minimum absolute atomic E-state index is 0.338. The number of halogens is 1. The van der Waals surface area contributed by atoms with E-state index in [4.69, 9.17) is 22.1 Å². The number of carbonyl (C=O) groups is 1. The van der Waals surface area contributed by atoms with Gasteiger partial charge in [-0.2, -0.15) is 0 Å². The fourth-order valence-electron chi connectivity index (χ4n) is 2.97. The predicted molar refractivity (Wildman–Crippen MR) is 101 cm³/mol. The van der Waals surface area contributed by atoms with Crippen LogP contribution < -0.4 is 5.73 Å². The van der Waals surface area contributed by atoms with Crippen molar-refractivity contribution in [1.82, 2.24) is 4.57 Å². The Morgan fingerprint density at radius 3 is 2.64 bits per heavy atom. The van der Waals surface area contributed by atoms with Crippen LogP contribution in [0.3, 0.4) is 0 Å². The quantitative estimate of drug-likeness (QED) is 0.684. The monoisotopic (exact) mass is 356 g/mol. The maximum atomic E-state index is 11.8. The first-order valence-corrected chi connectivity index (χ1v) is 8.69. The zero-order chi connectivity index (χ0) is 17.8. The van der Waals surface area contributed by atoms with Crippen molar-refractivity contribution in [3.8, 4) is 0 Å². The summed E-state index contributed by atoms with van der Waals surface area (Å²) in [5, 5.41) is 1.83. The zero-order valence-electron chi connectivity index (χ0n) is 14.1. The fourth-order valence-corrected chi connectivity index (χ4v) is 3.10. The van der Waals surface area contributed by atoms with E-state index in [-0.39, 0.29) is 5.97 Å². The van der Waals surface area contributed by atoms with Crippen molar-refractivity contribution in [2.24, 2.45) is 5.73 Å². The van der Waals surface area contributed by atoms with Gasteiger partial charge >= 0.3 is 5.97 Å². The Balaban J connectivity index is 1.90. The third-order valence-electron chi connectivity index (χ3n) is 4.17. The molecular formula is C20H21ClN2O2. The van der Waals surface area contributed by atoms with E-state index in [1.165, 1.54) is 0 Å². The Hall–Kier alpha value is -2.30.